The Morgan fingerprint density at radius 3 is 2.86 bits per heavy atom. The molecule has 1 heterocycles. The molecule has 0 aliphatic heterocycles. The van der Waals surface area contributed by atoms with Gasteiger partial charge in [-0.15, -0.1) is 0 Å². The van der Waals surface area contributed by atoms with Gasteiger partial charge in [0.2, 0.25) is 5.88 Å². The van der Waals surface area contributed by atoms with Crippen molar-refractivity contribution in [3.05, 3.63) is 23.9 Å². The molecule has 0 spiro atoms. The van der Waals surface area contributed by atoms with Gasteiger partial charge in [-0.25, -0.2) is 4.98 Å². The highest BCUT2D eigenvalue weighted by molar-refractivity contribution is 6.00. The second kappa shape index (κ2) is 8.01. The Morgan fingerprint density at radius 1 is 1.50 bits per heavy atom. The van der Waals surface area contributed by atoms with Gasteiger partial charge < -0.3 is 14.8 Å². The first-order valence-corrected chi connectivity index (χ1v) is 8.20. The fourth-order valence-corrected chi connectivity index (χ4v) is 2.37. The van der Waals surface area contributed by atoms with Crippen LogP contribution >= 0.6 is 0 Å². The SMILES string of the molecule is CCCN(CC1CC1)/C(=N\O)c1cccnc1OCC(C)C. The Labute approximate surface area is 133 Å². The lowest BCUT2D eigenvalue weighted by Gasteiger charge is -2.25. The highest BCUT2D eigenvalue weighted by Crippen LogP contribution is 2.31. The molecular formula is C17H27N3O2. The highest BCUT2D eigenvalue weighted by Gasteiger charge is 2.27. The van der Waals surface area contributed by atoms with E-state index in [1.54, 1.807) is 6.20 Å². The Bertz CT molecular complexity index is 498. The van der Waals surface area contributed by atoms with Gasteiger partial charge in [0.1, 0.15) is 0 Å². The lowest BCUT2D eigenvalue weighted by atomic mass is 10.2. The van der Waals surface area contributed by atoms with E-state index in [0.29, 0.717) is 24.2 Å². The predicted octanol–water partition coefficient (Wildman–Crippen LogP) is 3.37. The summed E-state index contributed by atoms with van der Waals surface area (Å²) >= 11 is 0. The average Bonchev–Trinajstić information content (AvgIpc) is 3.31. The van der Waals surface area contributed by atoms with Gasteiger partial charge in [0.15, 0.2) is 5.84 Å². The summed E-state index contributed by atoms with van der Waals surface area (Å²) in [6.45, 7) is 8.73. The predicted molar refractivity (Wildman–Crippen MR) is 87.5 cm³/mol. The number of nitrogens with zero attached hydrogens (tertiary/aromatic N) is 3. The summed E-state index contributed by atoms with van der Waals surface area (Å²) in [5, 5.41) is 13.1. The zero-order valence-electron chi connectivity index (χ0n) is 13.8. The molecule has 122 valence electrons. The number of pyridine rings is 1. The Morgan fingerprint density at radius 2 is 2.27 bits per heavy atom. The van der Waals surface area contributed by atoms with Crippen LogP contribution in [0.5, 0.6) is 5.88 Å². The summed E-state index contributed by atoms with van der Waals surface area (Å²) in [4.78, 5) is 6.47. The van der Waals surface area contributed by atoms with E-state index < -0.39 is 0 Å². The van der Waals surface area contributed by atoms with Gasteiger partial charge in [-0.3, -0.25) is 0 Å². The van der Waals surface area contributed by atoms with Crippen LogP contribution in [-0.2, 0) is 0 Å². The van der Waals surface area contributed by atoms with E-state index >= 15 is 0 Å². The largest absolute Gasteiger partial charge is 0.477 e. The minimum atomic E-state index is 0.419. The van der Waals surface area contributed by atoms with Gasteiger partial charge in [-0.1, -0.05) is 25.9 Å². The van der Waals surface area contributed by atoms with Crippen molar-refractivity contribution >= 4 is 5.84 Å². The minimum absolute atomic E-state index is 0.419. The summed E-state index contributed by atoms with van der Waals surface area (Å²) in [6, 6.07) is 3.76. The maximum atomic E-state index is 9.57. The average molecular weight is 305 g/mol. The topological polar surface area (TPSA) is 58.0 Å². The van der Waals surface area contributed by atoms with E-state index in [-0.39, 0.29) is 0 Å². The number of hydrogen-bond acceptors (Lipinski definition) is 4. The molecule has 0 radical (unpaired) electrons. The first-order valence-electron chi connectivity index (χ1n) is 8.20. The summed E-state index contributed by atoms with van der Waals surface area (Å²) in [6.07, 6.45) is 5.25. The summed E-state index contributed by atoms with van der Waals surface area (Å²) in [7, 11) is 0. The van der Waals surface area contributed by atoms with Gasteiger partial charge in [-0.05, 0) is 43.2 Å². The van der Waals surface area contributed by atoms with E-state index in [0.717, 1.165) is 31.0 Å². The molecular weight excluding hydrogens is 278 g/mol. The fourth-order valence-electron chi connectivity index (χ4n) is 2.37. The standard InChI is InChI=1S/C17H27N3O2/c1-4-10-20(11-14-7-8-14)16(19-21)15-6-5-9-18-17(15)22-12-13(2)3/h5-6,9,13-14,21H,4,7-8,10-12H2,1-3H3/b19-16-. The number of hydrogen-bond donors (Lipinski definition) is 1. The molecule has 1 aliphatic carbocycles. The molecule has 1 aromatic rings. The van der Waals surface area contributed by atoms with Crippen molar-refractivity contribution in [2.75, 3.05) is 19.7 Å². The molecule has 0 atom stereocenters. The zero-order chi connectivity index (χ0) is 15.9. The van der Waals surface area contributed by atoms with Crippen molar-refractivity contribution in [1.82, 2.24) is 9.88 Å². The van der Waals surface area contributed by atoms with Crippen molar-refractivity contribution in [3.8, 4) is 5.88 Å². The summed E-state index contributed by atoms with van der Waals surface area (Å²) < 4.78 is 5.80. The highest BCUT2D eigenvalue weighted by atomic mass is 16.5. The minimum Gasteiger partial charge on any atom is -0.477 e. The summed E-state index contributed by atoms with van der Waals surface area (Å²) in [5.74, 6) is 2.25. The van der Waals surface area contributed by atoms with Gasteiger partial charge in [0, 0.05) is 19.3 Å². The Kier molecular flexibility index (Phi) is 6.04. The van der Waals surface area contributed by atoms with E-state index in [1.807, 2.05) is 12.1 Å². The molecule has 5 nitrogen and oxygen atoms in total. The fraction of sp³-hybridized carbons (Fsp3) is 0.647. The number of amidine groups is 1. The quantitative estimate of drug-likeness (QED) is 0.346. The van der Waals surface area contributed by atoms with Gasteiger partial charge >= 0.3 is 0 Å². The zero-order valence-corrected chi connectivity index (χ0v) is 13.8. The van der Waals surface area contributed by atoms with Gasteiger partial charge in [-0.2, -0.15) is 0 Å². The van der Waals surface area contributed by atoms with Crippen LogP contribution in [0.15, 0.2) is 23.5 Å². The molecule has 0 saturated heterocycles. The first kappa shape index (κ1) is 16.6. The Balaban J connectivity index is 2.21. The molecule has 0 amide bonds. The van der Waals surface area contributed by atoms with Crippen molar-refractivity contribution < 1.29 is 9.94 Å². The summed E-state index contributed by atoms with van der Waals surface area (Å²) in [5.41, 5.74) is 0.764. The number of aromatic nitrogens is 1. The molecule has 0 unspecified atom stereocenters. The second-order valence-electron chi connectivity index (χ2n) is 6.37. The van der Waals surface area contributed by atoms with Crippen LogP contribution in [0.25, 0.3) is 0 Å². The van der Waals surface area contributed by atoms with Crippen LogP contribution in [0.1, 0.15) is 45.6 Å². The monoisotopic (exact) mass is 305 g/mol. The number of ether oxygens (including phenoxy) is 1. The molecule has 1 N–H and O–H groups in total. The molecule has 0 aromatic carbocycles. The lowest BCUT2D eigenvalue weighted by Crippen LogP contribution is -2.35. The third kappa shape index (κ3) is 4.61. The van der Waals surface area contributed by atoms with Crippen LogP contribution in [0.4, 0.5) is 0 Å². The van der Waals surface area contributed by atoms with Crippen LogP contribution in [-0.4, -0.2) is 40.6 Å². The maximum absolute atomic E-state index is 9.57. The molecule has 1 fully saturated rings. The Hall–Kier alpha value is -1.78. The molecule has 1 aliphatic rings. The van der Waals surface area contributed by atoms with Crippen LogP contribution in [0.2, 0.25) is 0 Å². The number of oxime groups is 1. The van der Waals surface area contributed by atoms with Gasteiger partial charge in [0.05, 0.1) is 12.2 Å². The van der Waals surface area contributed by atoms with Gasteiger partial charge in [0.25, 0.3) is 0 Å². The molecule has 2 rings (SSSR count). The first-order chi connectivity index (χ1) is 10.7. The van der Waals surface area contributed by atoms with E-state index in [1.165, 1.54) is 12.8 Å². The second-order valence-corrected chi connectivity index (χ2v) is 6.37. The van der Waals surface area contributed by atoms with Crippen molar-refractivity contribution in [2.45, 2.75) is 40.0 Å². The van der Waals surface area contributed by atoms with Crippen molar-refractivity contribution in [2.24, 2.45) is 17.0 Å². The van der Waals surface area contributed by atoms with Crippen LogP contribution < -0.4 is 4.74 Å². The van der Waals surface area contributed by atoms with E-state index in [9.17, 15) is 5.21 Å². The number of rotatable bonds is 8. The maximum Gasteiger partial charge on any atom is 0.224 e. The third-order valence-electron chi connectivity index (χ3n) is 3.63. The normalized spacial score (nSPS) is 15.2. The van der Waals surface area contributed by atoms with Crippen LogP contribution in [0.3, 0.4) is 0 Å². The third-order valence-corrected chi connectivity index (χ3v) is 3.63. The van der Waals surface area contributed by atoms with Crippen LogP contribution in [0, 0.1) is 11.8 Å². The molecule has 1 saturated carbocycles. The van der Waals surface area contributed by atoms with E-state index in [4.69, 9.17) is 4.74 Å². The molecule has 5 heteroatoms. The molecule has 0 bridgehead atoms. The smallest absolute Gasteiger partial charge is 0.224 e. The van der Waals surface area contributed by atoms with Crippen molar-refractivity contribution in [1.29, 1.82) is 0 Å². The molecule has 22 heavy (non-hydrogen) atoms. The lowest BCUT2D eigenvalue weighted by molar-refractivity contribution is 0.258. The van der Waals surface area contributed by atoms with Crippen molar-refractivity contribution in [3.63, 3.8) is 0 Å². The molecule has 1 aromatic heterocycles. The van der Waals surface area contributed by atoms with E-state index in [2.05, 4.69) is 35.8 Å².